The van der Waals surface area contributed by atoms with Gasteiger partial charge in [-0.3, -0.25) is 10.3 Å². The number of methoxy groups -OCH3 is 1. The van der Waals surface area contributed by atoms with Crippen LogP contribution >= 0.6 is 27.5 Å². The summed E-state index contributed by atoms with van der Waals surface area (Å²) in [5.41, 5.74) is 3.77. The molecule has 0 saturated heterocycles. The van der Waals surface area contributed by atoms with Crippen LogP contribution in [0, 0.1) is 0 Å². The van der Waals surface area contributed by atoms with E-state index < -0.39 is 0 Å². The number of halogens is 2. The number of benzene rings is 3. The Hall–Kier alpha value is -2.34. The minimum Gasteiger partial charge on any atom is -0.508 e. The smallest absolute Gasteiger partial charge is 0.133 e. The van der Waals surface area contributed by atoms with E-state index in [9.17, 15) is 5.11 Å². The van der Waals surface area contributed by atoms with Gasteiger partial charge in [-0.05, 0) is 57.4 Å². The Morgan fingerprint density at radius 3 is 2.66 bits per heavy atom. The largest absolute Gasteiger partial charge is 0.508 e. The number of ether oxygens (including phenoxy) is 1. The monoisotopic (exact) mass is 470 g/mol. The summed E-state index contributed by atoms with van der Waals surface area (Å²) in [7, 11) is 1.64. The Morgan fingerprint density at radius 1 is 1.10 bits per heavy atom. The van der Waals surface area contributed by atoms with Gasteiger partial charge in [0.15, 0.2) is 0 Å². The summed E-state index contributed by atoms with van der Waals surface area (Å²) in [6, 6.07) is 20.9. The summed E-state index contributed by atoms with van der Waals surface area (Å²) < 4.78 is 6.21. The maximum absolute atomic E-state index is 10.4. The number of hydrogen-bond donors (Lipinski definition) is 2. The fraction of sp³-hybridized carbons (Fsp3) is 0.174. The minimum atomic E-state index is -0.274. The normalized spacial score (nSPS) is 18.9. The van der Waals surface area contributed by atoms with Crippen molar-refractivity contribution in [2.75, 3.05) is 7.11 Å². The molecule has 4 rings (SSSR count). The van der Waals surface area contributed by atoms with Crippen LogP contribution in [0.4, 0.5) is 0 Å². The van der Waals surface area contributed by atoms with Crippen molar-refractivity contribution < 1.29 is 9.84 Å². The fourth-order valence-corrected chi connectivity index (χ4v) is 4.30. The highest BCUT2D eigenvalue weighted by Crippen LogP contribution is 2.36. The van der Waals surface area contributed by atoms with Crippen molar-refractivity contribution in [3.05, 3.63) is 92.9 Å². The van der Waals surface area contributed by atoms with Crippen LogP contribution in [0.25, 0.3) is 0 Å². The molecule has 1 aliphatic heterocycles. The average Bonchev–Trinajstić information content (AvgIpc) is 2.73. The van der Waals surface area contributed by atoms with Crippen molar-refractivity contribution in [1.29, 1.82) is 0 Å². The lowest BCUT2D eigenvalue weighted by Gasteiger charge is -2.31. The zero-order valence-electron chi connectivity index (χ0n) is 15.8. The van der Waals surface area contributed by atoms with Gasteiger partial charge in [-0.25, -0.2) is 0 Å². The summed E-state index contributed by atoms with van der Waals surface area (Å²) in [4.78, 5) is 4.97. The molecule has 0 spiro atoms. The van der Waals surface area contributed by atoms with E-state index in [2.05, 4.69) is 21.2 Å². The minimum absolute atomic E-state index is 0.0893. The lowest BCUT2D eigenvalue weighted by Crippen LogP contribution is -2.33. The van der Waals surface area contributed by atoms with Gasteiger partial charge in [-0.2, -0.15) is 0 Å². The molecule has 1 heterocycles. The van der Waals surface area contributed by atoms with Gasteiger partial charge in [0, 0.05) is 28.8 Å². The molecule has 1 aliphatic rings. The van der Waals surface area contributed by atoms with Crippen molar-refractivity contribution in [3.8, 4) is 11.5 Å². The third-order valence-corrected chi connectivity index (χ3v) is 5.86. The number of hydrogen-bond acceptors (Lipinski definition) is 4. The van der Waals surface area contributed by atoms with Crippen LogP contribution < -0.4 is 10.1 Å². The number of para-hydroxylation sites is 1. The summed E-state index contributed by atoms with van der Waals surface area (Å²) >= 11 is 9.78. The van der Waals surface area contributed by atoms with E-state index in [0.29, 0.717) is 11.4 Å². The lowest BCUT2D eigenvalue weighted by molar-refractivity contribution is 0.406. The molecule has 6 heteroatoms. The molecule has 29 heavy (non-hydrogen) atoms. The Kier molecular flexibility index (Phi) is 5.90. The van der Waals surface area contributed by atoms with Crippen LogP contribution in [-0.2, 0) is 0 Å². The number of aliphatic imine (C=N–C) groups is 1. The highest BCUT2D eigenvalue weighted by Gasteiger charge is 2.28. The van der Waals surface area contributed by atoms with Crippen LogP contribution in [0.1, 0.15) is 35.3 Å². The molecule has 0 saturated carbocycles. The number of phenolic OH excluding ortho intramolecular Hbond substituents is 1. The van der Waals surface area contributed by atoms with Crippen LogP contribution in [0.2, 0.25) is 5.02 Å². The number of aromatic hydroxyl groups is 1. The van der Waals surface area contributed by atoms with Gasteiger partial charge in [-0.1, -0.05) is 48.0 Å². The predicted molar refractivity (Wildman–Crippen MR) is 120 cm³/mol. The topological polar surface area (TPSA) is 53.9 Å². The average molecular weight is 472 g/mol. The van der Waals surface area contributed by atoms with Gasteiger partial charge in [0.2, 0.25) is 0 Å². The molecule has 0 radical (unpaired) electrons. The predicted octanol–water partition coefficient (Wildman–Crippen LogP) is 6.04. The molecule has 3 aromatic rings. The molecular weight excluding hydrogens is 452 g/mol. The summed E-state index contributed by atoms with van der Waals surface area (Å²) in [5, 5.41) is 14.6. The quantitative estimate of drug-likeness (QED) is 0.488. The number of nitrogens with one attached hydrogen (secondary N) is 1. The SMILES string of the molecule is COc1ccc([C@H]2N=C(c3cccc(Cl)c3)C[C@@H](c3ccccc3O)N2)cc1Br. The molecule has 0 aliphatic carbocycles. The number of rotatable bonds is 4. The lowest BCUT2D eigenvalue weighted by atomic mass is 9.93. The standard InChI is InChI=1S/C23H20BrClN2O2/c1-29-22-10-9-15(12-18(22)24)23-26-19(14-5-4-6-16(25)11-14)13-20(27-23)17-7-2-3-8-21(17)28/h2-12,20,23,27-28H,13H2,1H3/t20-,23-/m0/s1. The maximum atomic E-state index is 10.4. The molecule has 4 nitrogen and oxygen atoms in total. The van der Waals surface area contributed by atoms with Crippen molar-refractivity contribution in [1.82, 2.24) is 5.32 Å². The van der Waals surface area contributed by atoms with Crippen molar-refractivity contribution in [3.63, 3.8) is 0 Å². The molecule has 3 aromatic carbocycles. The molecule has 0 aromatic heterocycles. The molecule has 0 unspecified atom stereocenters. The number of nitrogens with zero attached hydrogens (tertiary/aromatic N) is 1. The summed E-state index contributed by atoms with van der Waals surface area (Å²) in [6.07, 6.45) is 0.371. The van der Waals surface area contributed by atoms with Crippen LogP contribution in [0.3, 0.4) is 0 Å². The molecule has 0 amide bonds. The van der Waals surface area contributed by atoms with Crippen LogP contribution in [0.5, 0.6) is 11.5 Å². The van der Waals surface area contributed by atoms with Gasteiger partial charge in [0.1, 0.15) is 17.7 Å². The van der Waals surface area contributed by atoms with Crippen molar-refractivity contribution in [2.24, 2.45) is 4.99 Å². The number of phenols is 1. The van der Waals surface area contributed by atoms with E-state index in [1.807, 2.05) is 60.7 Å². The van der Waals surface area contributed by atoms with Crippen molar-refractivity contribution >= 4 is 33.2 Å². The molecule has 0 fully saturated rings. The van der Waals surface area contributed by atoms with Crippen LogP contribution in [0.15, 0.2) is 76.2 Å². The molecule has 148 valence electrons. The summed E-state index contributed by atoms with van der Waals surface area (Å²) in [6.45, 7) is 0. The van der Waals surface area contributed by atoms with E-state index in [4.69, 9.17) is 21.3 Å². The van der Waals surface area contributed by atoms with Gasteiger partial charge in [0.05, 0.1) is 11.6 Å². The highest BCUT2D eigenvalue weighted by molar-refractivity contribution is 9.10. The molecule has 0 bridgehead atoms. The second-order valence-electron chi connectivity index (χ2n) is 6.86. The van der Waals surface area contributed by atoms with E-state index in [1.165, 1.54) is 0 Å². The highest BCUT2D eigenvalue weighted by atomic mass is 79.9. The molecule has 2 atom stereocenters. The Balaban J connectivity index is 1.77. The van der Waals surface area contributed by atoms with E-state index in [-0.39, 0.29) is 18.0 Å². The van der Waals surface area contributed by atoms with E-state index in [1.54, 1.807) is 13.2 Å². The Labute approximate surface area is 183 Å². The molecular formula is C23H20BrClN2O2. The first kappa shape index (κ1) is 20.0. The summed E-state index contributed by atoms with van der Waals surface area (Å²) in [5.74, 6) is 1.04. The van der Waals surface area contributed by atoms with E-state index >= 15 is 0 Å². The Morgan fingerprint density at radius 2 is 1.93 bits per heavy atom. The second-order valence-corrected chi connectivity index (χ2v) is 8.16. The molecule has 2 N–H and O–H groups in total. The third-order valence-electron chi connectivity index (χ3n) is 5.00. The first-order chi connectivity index (χ1) is 14.0. The maximum Gasteiger partial charge on any atom is 0.133 e. The van der Waals surface area contributed by atoms with Gasteiger partial charge in [-0.15, -0.1) is 0 Å². The van der Waals surface area contributed by atoms with E-state index in [0.717, 1.165) is 32.6 Å². The van der Waals surface area contributed by atoms with Gasteiger partial charge < -0.3 is 9.84 Å². The fourth-order valence-electron chi connectivity index (χ4n) is 3.55. The van der Waals surface area contributed by atoms with Crippen LogP contribution in [-0.4, -0.2) is 17.9 Å². The van der Waals surface area contributed by atoms with Gasteiger partial charge >= 0.3 is 0 Å². The van der Waals surface area contributed by atoms with Crippen molar-refractivity contribution in [2.45, 2.75) is 18.6 Å². The first-order valence-electron chi connectivity index (χ1n) is 9.25. The zero-order chi connectivity index (χ0) is 20.4. The Bertz CT molecular complexity index is 1070. The third kappa shape index (κ3) is 4.32. The zero-order valence-corrected chi connectivity index (χ0v) is 18.1. The first-order valence-corrected chi connectivity index (χ1v) is 10.4. The van der Waals surface area contributed by atoms with Gasteiger partial charge in [0.25, 0.3) is 0 Å². The second kappa shape index (κ2) is 8.57.